The van der Waals surface area contributed by atoms with Crippen LogP contribution >= 0.6 is 11.8 Å². The Morgan fingerprint density at radius 2 is 2.15 bits per heavy atom. The van der Waals surface area contributed by atoms with Crippen molar-refractivity contribution in [2.75, 3.05) is 25.6 Å². The molecule has 2 aliphatic heterocycles. The van der Waals surface area contributed by atoms with E-state index < -0.39 is 36.9 Å². The molecule has 3 atom stereocenters. The van der Waals surface area contributed by atoms with Gasteiger partial charge in [0.1, 0.15) is 18.0 Å². The van der Waals surface area contributed by atoms with E-state index in [-0.39, 0.29) is 29.8 Å². The predicted molar refractivity (Wildman–Crippen MR) is 93.7 cm³/mol. The number of alkyl halides is 4. The maximum atomic E-state index is 14.7. The fourth-order valence-electron chi connectivity index (χ4n) is 3.52. The highest BCUT2D eigenvalue weighted by Crippen LogP contribution is 2.46. The molecular formula is C17H20F5N3OS. The number of nitrogens with zero attached hydrogens (tertiary/aromatic N) is 1. The van der Waals surface area contributed by atoms with Crippen molar-refractivity contribution in [3.8, 4) is 0 Å². The van der Waals surface area contributed by atoms with Crippen molar-refractivity contribution < 1.29 is 26.7 Å². The van der Waals surface area contributed by atoms with Gasteiger partial charge in [0, 0.05) is 23.8 Å². The summed E-state index contributed by atoms with van der Waals surface area (Å²) in [7, 11) is 0. The number of fused-ring (bicyclic) bond motifs is 1. The number of aliphatic imine (C=N–C) groups is 1. The van der Waals surface area contributed by atoms with Crippen molar-refractivity contribution in [3.63, 3.8) is 0 Å². The van der Waals surface area contributed by atoms with E-state index in [0.29, 0.717) is 17.7 Å². The molecule has 2 aliphatic rings. The highest BCUT2D eigenvalue weighted by molar-refractivity contribution is 8.13. The molecule has 3 N–H and O–H groups in total. The molecule has 1 saturated heterocycles. The average molecular weight is 409 g/mol. The van der Waals surface area contributed by atoms with E-state index in [1.807, 2.05) is 0 Å². The van der Waals surface area contributed by atoms with Crippen molar-refractivity contribution in [2.45, 2.75) is 30.8 Å². The second-order valence-corrected chi connectivity index (χ2v) is 7.78. The van der Waals surface area contributed by atoms with Gasteiger partial charge in [-0.05, 0) is 24.1 Å². The minimum absolute atomic E-state index is 0.0239. The number of hydrogen-bond donors (Lipinski definition) is 2. The molecule has 0 aliphatic carbocycles. The number of ether oxygens (including phenoxy) is 1. The number of nitrogens with one attached hydrogen (secondary N) is 1. The Morgan fingerprint density at radius 1 is 1.37 bits per heavy atom. The molecule has 0 saturated carbocycles. The van der Waals surface area contributed by atoms with Gasteiger partial charge in [-0.1, -0.05) is 17.8 Å². The van der Waals surface area contributed by atoms with E-state index in [0.717, 1.165) is 0 Å². The van der Waals surface area contributed by atoms with Crippen LogP contribution in [-0.2, 0) is 16.8 Å². The van der Waals surface area contributed by atoms with Gasteiger partial charge >= 0.3 is 6.18 Å². The first-order chi connectivity index (χ1) is 12.7. The van der Waals surface area contributed by atoms with E-state index in [4.69, 9.17) is 10.5 Å². The molecule has 1 fully saturated rings. The zero-order valence-corrected chi connectivity index (χ0v) is 15.2. The Morgan fingerprint density at radius 3 is 2.85 bits per heavy atom. The lowest BCUT2D eigenvalue weighted by Gasteiger charge is -2.46. The van der Waals surface area contributed by atoms with Crippen LogP contribution in [0.5, 0.6) is 0 Å². The Bertz CT molecular complexity index is 714. The van der Waals surface area contributed by atoms with Gasteiger partial charge in [-0.2, -0.15) is 13.2 Å². The summed E-state index contributed by atoms with van der Waals surface area (Å²) >= 11 is 1.33. The van der Waals surface area contributed by atoms with E-state index in [1.165, 1.54) is 30.0 Å². The Labute approximate surface area is 157 Å². The number of halogens is 5. The SMILES string of the molecule is NC1=N[C@@]2(c3cc(CNCC(F)(F)F)ccc3F)CO[C@@H](CF)C[C@H]2CS1. The van der Waals surface area contributed by atoms with Gasteiger partial charge in [0.25, 0.3) is 0 Å². The number of benzene rings is 1. The monoisotopic (exact) mass is 409 g/mol. The third kappa shape index (κ3) is 4.55. The maximum Gasteiger partial charge on any atom is 0.401 e. The molecule has 0 amide bonds. The van der Waals surface area contributed by atoms with Gasteiger partial charge < -0.3 is 15.8 Å². The Hall–Kier alpha value is -1.39. The predicted octanol–water partition coefficient (Wildman–Crippen LogP) is 3.11. The highest BCUT2D eigenvalue weighted by atomic mass is 32.2. The van der Waals surface area contributed by atoms with E-state index in [2.05, 4.69) is 10.3 Å². The molecule has 0 aromatic heterocycles. The third-order valence-corrected chi connectivity index (χ3v) is 5.78. The van der Waals surface area contributed by atoms with Gasteiger partial charge in [-0.25, -0.2) is 13.8 Å². The molecule has 0 bridgehead atoms. The molecule has 1 aromatic rings. The fourth-order valence-corrected chi connectivity index (χ4v) is 4.53. The van der Waals surface area contributed by atoms with Gasteiger partial charge in [0.2, 0.25) is 0 Å². The lowest BCUT2D eigenvalue weighted by molar-refractivity contribution is -0.125. The molecule has 0 radical (unpaired) electrons. The molecule has 0 unspecified atom stereocenters. The maximum absolute atomic E-state index is 14.7. The third-order valence-electron chi connectivity index (χ3n) is 4.83. The molecule has 3 rings (SSSR count). The lowest BCUT2D eigenvalue weighted by atomic mass is 9.74. The van der Waals surface area contributed by atoms with Crippen molar-refractivity contribution in [2.24, 2.45) is 16.6 Å². The summed E-state index contributed by atoms with van der Waals surface area (Å²) < 4.78 is 70.3. The number of amidine groups is 1. The average Bonchev–Trinajstić information content (AvgIpc) is 2.61. The largest absolute Gasteiger partial charge is 0.401 e. The smallest absolute Gasteiger partial charge is 0.379 e. The van der Waals surface area contributed by atoms with E-state index in [9.17, 15) is 22.0 Å². The van der Waals surface area contributed by atoms with Crippen molar-refractivity contribution in [1.29, 1.82) is 0 Å². The highest BCUT2D eigenvalue weighted by Gasteiger charge is 2.49. The van der Waals surface area contributed by atoms with Crippen LogP contribution in [-0.4, -0.2) is 43.0 Å². The lowest BCUT2D eigenvalue weighted by Crippen LogP contribution is -2.51. The zero-order valence-electron chi connectivity index (χ0n) is 14.4. The number of thioether (sulfide) groups is 1. The minimum Gasteiger partial charge on any atom is -0.379 e. The van der Waals surface area contributed by atoms with Crippen LogP contribution in [0.2, 0.25) is 0 Å². The van der Waals surface area contributed by atoms with Crippen LogP contribution in [0.15, 0.2) is 23.2 Å². The van der Waals surface area contributed by atoms with Gasteiger partial charge in [-0.3, -0.25) is 0 Å². The van der Waals surface area contributed by atoms with Gasteiger partial charge in [0.15, 0.2) is 5.17 Å². The van der Waals surface area contributed by atoms with Crippen LogP contribution in [0.3, 0.4) is 0 Å². The normalized spacial score (nSPS) is 28.6. The van der Waals surface area contributed by atoms with E-state index in [1.54, 1.807) is 0 Å². The molecule has 4 nitrogen and oxygen atoms in total. The summed E-state index contributed by atoms with van der Waals surface area (Å²) in [5.74, 6) is -0.173. The van der Waals surface area contributed by atoms with Crippen molar-refractivity contribution in [3.05, 3.63) is 35.1 Å². The summed E-state index contributed by atoms with van der Waals surface area (Å²) in [5.41, 5.74) is 5.49. The molecule has 10 heteroatoms. The first-order valence-electron chi connectivity index (χ1n) is 8.45. The first kappa shape index (κ1) is 20.3. The van der Waals surface area contributed by atoms with Crippen molar-refractivity contribution in [1.82, 2.24) is 5.32 Å². The zero-order chi connectivity index (χ0) is 19.7. The first-order valence-corrected chi connectivity index (χ1v) is 9.44. The number of hydrogen-bond acceptors (Lipinski definition) is 5. The Balaban J connectivity index is 1.90. The molecule has 1 aromatic carbocycles. The number of nitrogens with two attached hydrogens (primary N) is 1. The molecule has 0 spiro atoms. The minimum atomic E-state index is -4.33. The molecule has 150 valence electrons. The van der Waals surface area contributed by atoms with Crippen LogP contribution in [0, 0.1) is 11.7 Å². The second-order valence-electron chi connectivity index (χ2n) is 6.74. The fraction of sp³-hybridized carbons (Fsp3) is 0.588. The van der Waals surface area contributed by atoms with Gasteiger partial charge in [0.05, 0.1) is 19.3 Å². The van der Waals surface area contributed by atoms with E-state index >= 15 is 0 Å². The summed E-state index contributed by atoms with van der Waals surface area (Å²) in [6.45, 7) is -1.88. The Kier molecular flexibility index (Phi) is 5.97. The van der Waals surface area contributed by atoms with Crippen LogP contribution < -0.4 is 11.1 Å². The molecular weight excluding hydrogens is 389 g/mol. The van der Waals surface area contributed by atoms with Crippen LogP contribution in [0.1, 0.15) is 17.5 Å². The second kappa shape index (κ2) is 7.92. The van der Waals surface area contributed by atoms with Crippen LogP contribution in [0.25, 0.3) is 0 Å². The molecule has 27 heavy (non-hydrogen) atoms. The summed E-state index contributed by atoms with van der Waals surface area (Å²) in [6, 6.07) is 4.13. The molecule has 2 heterocycles. The van der Waals surface area contributed by atoms with Crippen molar-refractivity contribution >= 4 is 16.9 Å². The summed E-state index contributed by atoms with van der Waals surface area (Å²) in [6.07, 6.45) is -4.53. The summed E-state index contributed by atoms with van der Waals surface area (Å²) in [5, 5.41) is 2.58. The summed E-state index contributed by atoms with van der Waals surface area (Å²) in [4.78, 5) is 4.47. The van der Waals surface area contributed by atoms with Gasteiger partial charge in [-0.15, -0.1) is 0 Å². The standard InChI is InChI=1S/C17H20F5N3OS/c18-5-12-4-11-7-27-15(23)25-16(11,9-26-12)13-3-10(1-2-14(13)19)6-24-8-17(20,21)22/h1-3,11-12,24H,4-9H2,(H2,23,25)/t11-,12+,16-/m0/s1. The topological polar surface area (TPSA) is 59.6 Å². The van der Waals surface area contributed by atoms with Crippen LogP contribution in [0.4, 0.5) is 22.0 Å². The quantitative estimate of drug-likeness (QED) is 0.734. The number of rotatable bonds is 5.